The van der Waals surface area contributed by atoms with Crippen LogP contribution in [0.5, 0.6) is 11.5 Å². The molecule has 1 amide bonds. The molecule has 5 heteroatoms. The Labute approximate surface area is 92.0 Å². The SMILES string of the molecule is CC1C(=O)NN=Cc2cc3c(cc21)OCO3. The number of hydrogen-bond acceptors (Lipinski definition) is 4. The number of carbonyl (C=O) groups excluding carboxylic acids is 1. The lowest BCUT2D eigenvalue weighted by Gasteiger charge is -2.10. The van der Waals surface area contributed by atoms with Gasteiger partial charge in [0.2, 0.25) is 12.7 Å². The van der Waals surface area contributed by atoms with Crippen LogP contribution in [0, 0.1) is 0 Å². The Balaban J connectivity index is 2.17. The van der Waals surface area contributed by atoms with Gasteiger partial charge in [0, 0.05) is 5.56 Å². The van der Waals surface area contributed by atoms with E-state index < -0.39 is 0 Å². The van der Waals surface area contributed by atoms with E-state index in [1.807, 2.05) is 19.1 Å². The molecule has 1 N–H and O–H groups in total. The quantitative estimate of drug-likeness (QED) is 0.706. The van der Waals surface area contributed by atoms with Crippen molar-refractivity contribution in [1.82, 2.24) is 5.43 Å². The van der Waals surface area contributed by atoms with E-state index >= 15 is 0 Å². The molecular formula is C11H10N2O3. The van der Waals surface area contributed by atoms with Gasteiger partial charge in [-0.25, -0.2) is 5.43 Å². The number of fused-ring (bicyclic) bond motifs is 2. The van der Waals surface area contributed by atoms with Crippen LogP contribution in [0.15, 0.2) is 17.2 Å². The lowest BCUT2D eigenvalue weighted by molar-refractivity contribution is -0.122. The van der Waals surface area contributed by atoms with E-state index in [0.29, 0.717) is 11.5 Å². The van der Waals surface area contributed by atoms with Gasteiger partial charge in [-0.15, -0.1) is 0 Å². The molecule has 2 aliphatic heterocycles. The number of nitrogens with zero attached hydrogens (tertiary/aromatic N) is 1. The zero-order valence-corrected chi connectivity index (χ0v) is 8.69. The first-order valence-corrected chi connectivity index (χ1v) is 5.02. The summed E-state index contributed by atoms with van der Waals surface area (Å²) in [5.41, 5.74) is 4.25. The largest absolute Gasteiger partial charge is 0.454 e. The summed E-state index contributed by atoms with van der Waals surface area (Å²) in [6.45, 7) is 2.07. The minimum absolute atomic E-state index is 0.117. The summed E-state index contributed by atoms with van der Waals surface area (Å²) in [5, 5.41) is 3.85. The number of carbonyl (C=O) groups is 1. The molecule has 2 heterocycles. The first kappa shape index (κ1) is 9.21. The fourth-order valence-electron chi connectivity index (χ4n) is 1.86. The van der Waals surface area contributed by atoms with Crippen molar-refractivity contribution in [2.45, 2.75) is 12.8 Å². The van der Waals surface area contributed by atoms with Crippen LogP contribution in [-0.4, -0.2) is 18.9 Å². The van der Waals surface area contributed by atoms with Gasteiger partial charge in [0.15, 0.2) is 11.5 Å². The van der Waals surface area contributed by atoms with Crippen LogP contribution in [0.3, 0.4) is 0 Å². The van der Waals surface area contributed by atoms with Crippen LogP contribution in [0.2, 0.25) is 0 Å². The summed E-state index contributed by atoms with van der Waals surface area (Å²) in [4.78, 5) is 11.6. The summed E-state index contributed by atoms with van der Waals surface area (Å²) < 4.78 is 10.6. The second-order valence-corrected chi connectivity index (χ2v) is 3.79. The van der Waals surface area contributed by atoms with E-state index in [1.54, 1.807) is 6.21 Å². The molecule has 0 bridgehead atoms. The summed E-state index contributed by atoms with van der Waals surface area (Å²) in [6.07, 6.45) is 1.62. The van der Waals surface area contributed by atoms with Crippen molar-refractivity contribution in [1.29, 1.82) is 0 Å². The lowest BCUT2D eigenvalue weighted by atomic mass is 9.95. The van der Waals surface area contributed by atoms with Crippen molar-refractivity contribution in [3.63, 3.8) is 0 Å². The molecule has 82 valence electrons. The van der Waals surface area contributed by atoms with E-state index in [9.17, 15) is 4.79 Å². The maximum absolute atomic E-state index is 11.6. The van der Waals surface area contributed by atoms with E-state index in [2.05, 4.69) is 10.5 Å². The molecule has 1 aromatic rings. The highest BCUT2D eigenvalue weighted by Crippen LogP contribution is 2.37. The molecule has 1 atom stereocenters. The third kappa shape index (κ3) is 1.25. The third-order valence-electron chi connectivity index (χ3n) is 2.82. The Morgan fingerprint density at radius 2 is 2.12 bits per heavy atom. The molecule has 1 aromatic carbocycles. The Morgan fingerprint density at radius 3 is 2.94 bits per heavy atom. The zero-order chi connectivity index (χ0) is 11.1. The summed E-state index contributed by atoms with van der Waals surface area (Å²) in [5.74, 6) is 1.03. The molecule has 1 unspecified atom stereocenters. The van der Waals surface area contributed by atoms with E-state index in [0.717, 1.165) is 11.1 Å². The molecule has 16 heavy (non-hydrogen) atoms. The van der Waals surface area contributed by atoms with Gasteiger partial charge in [-0.3, -0.25) is 4.79 Å². The van der Waals surface area contributed by atoms with E-state index in [-0.39, 0.29) is 18.6 Å². The van der Waals surface area contributed by atoms with Crippen LogP contribution in [-0.2, 0) is 4.79 Å². The van der Waals surface area contributed by atoms with Gasteiger partial charge in [-0.2, -0.15) is 5.10 Å². The highest BCUT2D eigenvalue weighted by molar-refractivity contribution is 5.93. The second kappa shape index (κ2) is 3.23. The highest BCUT2D eigenvalue weighted by atomic mass is 16.7. The van der Waals surface area contributed by atoms with Gasteiger partial charge in [-0.05, 0) is 24.6 Å². The summed E-state index contributed by atoms with van der Waals surface area (Å²) in [6, 6.07) is 3.69. The Bertz CT molecular complexity index is 496. The molecule has 0 spiro atoms. The Kier molecular flexibility index (Phi) is 1.86. The molecule has 0 saturated carbocycles. The number of nitrogens with one attached hydrogen (secondary N) is 1. The van der Waals surface area contributed by atoms with Crippen molar-refractivity contribution in [3.05, 3.63) is 23.3 Å². The second-order valence-electron chi connectivity index (χ2n) is 3.79. The predicted molar refractivity (Wildman–Crippen MR) is 56.7 cm³/mol. The molecule has 5 nitrogen and oxygen atoms in total. The summed E-state index contributed by atoms with van der Waals surface area (Å²) >= 11 is 0. The number of amides is 1. The van der Waals surface area contributed by atoms with Crippen LogP contribution >= 0.6 is 0 Å². The Morgan fingerprint density at radius 1 is 1.38 bits per heavy atom. The van der Waals surface area contributed by atoms with Crippen molar-refractivity contribution in [2.75, 3.05) is 6.79 Å². The van der Waals surface area contributed by atoms with Crippen LogP contribution in [0.1, 0.15) is 24.0 Å². The molecule has 2 aliphatic rings. The number of hydrazone groups is 1. The molecular weight excluding hydrogens is 208 g/mol. The smallest absolute Gasteiger partial charge is 0.247 e. The van der Waals surface area contributed by atoms with Gasteiger partial charge in [0.25, 0.3) is 0 Å². The highest BCUT2D eigenvalue weighted by Gasteiger charge is 2.24. The van der Waals surface area contributed by atoms with Gasteiger partial charge < -0.3 is 9.47 Å². The average Bonchev–Trinajstić information content (AvgIpc) is 2.68. The fraction of sp³-hybridized carbons (Fsp3) is 0.273. The normalized spacial score (nSPS) is 21.3. The van der Waals surface area contributed by atoms with Crippen molar-refractivity contribution in [2.24, 2.45) is 5.10 Å². The minimum atomic E-state index is -0.244. The monoisotopic (exact) mass is 218 g/mol. The van der Waals surface area contributed by atoms with Crippen LogP contribution < -0.4 is 14.9 Å². The van der Waals surface area contributed by atoms with Crippen LogP contribution in [0.25, 0.3) is 0 Å². The van der Waals surface area contributed by atoms with Crippen molar-refractivity contribution < 1.29 is 14.3 Å². The van der Waals surface area contributed by atoms with E-state index in [4.69, 9.17) is 9.47 Å². The molecule has 0 aliphatic carbocycles. The van der Waals surface area contributed by atoms with Gasteiger partial charge in [0.1, 0.15) is 0 Å². The van der Waals surface area contributed by atoms with Gasteiger partial charge >= 0.3 is 0 Å². The summed E-state index contributed by atoms with van der Waals surface area (Å²) in [7, 11) is 0. The number of benzene rings is 1. The molecule has 3 rings (SSSR count). The Hall–Kier alpha value is -2.04. The third-order valence-corrected chi connectivity index (χ3v) is 2.82. The standard InChI is InChI=1S/C11H10N2O3/c1-6-8-3-10-9(15-5-16-10)2-7(8)4-12-13-11(6)14/h2-4,6H,5H2,1H3,(H,13,14). The van der Waals surface area contributed by atoms with Gasteiger partial charge in [-0.1, -0.05) is 0 Å². The average molecular weight is 218 g/mol. The first-order chi connectivity index (χ1) is 7.75. The predicted octanol–water partition coefficient (Wildman–Crippen LogP) is 0.982. The number of hydrogen-bond donors (Lipinski definition) is 1. The lowest BCUT2D eigenvalue weighted by Crippen LogP contribution is -2.21. The maximum atomic E-state index is 11.6. The van der Waals surface area contributed by atoms with E-state index in [1.165, 1.54) is 0 Å². The molecule has 0 saturated heterocycles. The first-order valence-electron chi connectivity index (χ1n) is 5.02. The van der Waals surface area contributed by atoms with Crippen molar-refractivity contribution in [3.8, 4) is 11.5 Å². The molecule has 0 fully saturated rings. The molecule has 0 radical (unpaired) electrons. The minimum Gasteiger partial charge on any atom is -0.454 e. The fourth-order valence-corrected chi connectivity index (χ4v) is 1.86. The molecule has 0 aromatic heterocycles. The van der Waals surface area contributed by atoms with Gasteiger partial charge in [0.05, 0.1) is 12.1 Å². The van der Waals surface area contributed by atoms with Crippen LogP contribution in [0.4, 0.5) is 0 Å². The number of ether oxygens (including phenoxy) is 2. The van der Waals surface area contributed by atoms with Crippen molar-refractivity contribution >= 4 is 12.1 Å². The maximum Gasteiger partial charge on any atom is 0.247 e. The zero-order valence-electron chi connectivity index (χ0n) is 8.69. The number of rotatable bonds is 0. The topological polar surface area (TPSA) is 59.9 Å².